The monoisotopic (exact) mass is 454 g/mol. The van der Waals surface area contributed by atoms with Crippen LogP contribution in [0.5, 0.6) is 0 Å². The summed E-state index contributed by atoms with van der Waals surface area (Å²) < 4.78 is 4.76. The van der Waals surface area contributed by atoms with Gasteiger partial charge in [0.05, 0.1) is 25.5 Å². The molecule has 170 valence electrons. The van der Waals surface area contributed by atoms with E-state index in [9.17, 15) is 14.4 Å². The van der Waals surface area contributed by atoms with Crippen molar-refractivity contribution in [3.8, 4) is 0 Å². The Morgan fingerprint density at radius 2 is 1.94 bits per heavy atom. The van der Waals surface area contributed by atoms with Crippen molar-refractivity contribution >= 4 is 35.2 Å². The van der Waals surface area contributed by atoms with Crippen LogP contribution in [0.15, 0.2) is 35.7 Å². The van der Waals surface area contributed by atoms with Crippen LogP contribution in [0.2, 0.25) is 0 Å². The molecule has 2 aliphatic carbocycles. The third-order valence-corrected chi connectivity index (χ3v) is 8.22. The molecule has 2 saturated carbocycles. The second-order valence-electron chi connectivity index (χ2n) is 9.25. The maximum Gasteiger partial charge on any atom is 0.306 e. The average Bonchev–Trinajstić information content (AvgIpc) is 3.27. The number of nitrogens with zero attached hydrogens (tertiary/aromatic N) is 2. The number of rotatable bonds is 6. The highest BCUT2D eigenvalue weighted by Crippen LogP contribution is 2.53. The molecule has 4 atom stereocenters. The van der Waals surface area contributed by atoms with Crippen LogP contribution in [0.25, 0.3) is 0 Å². The van der Waals surface area contributed by atoms with Gasteiger partial charge in [-0.25, -0.2) is 0 Å². The van der Waals surface area contributed by atoms with Crippen LogP contribution in [0.4, 0.5) is 5.69 Å². The molecule has 0 bridgehead atoms. The van der Waals surface area contributed by atoms with Crippen LogP contribution in [0, 0.1) is 11.8 Å². The van der Waals surface area contributed by atoms with Gasteiger partial charge < -0.3 is 14.5 Å². The molecule has 2 amide bonds. The maximum absolute atomic E-state index is 13.6. The lowest BCUT2D eigenvalue weighted by Crippen LogP contribution is -2.54. The number of anilines is 1. The van der Waals surface area contributed by atoms with Crippen molar-refractivity contribution in [3.63, 3.8) is 0 Å². The van der Waals surface area contributed by atoms with Gasteiger partial charge in [0.25, 0.3) is 0 Å². The summed E-state index contributed by atoms with van der Waals surface area (Å²) in [7, 11) is 1.36. The number of carbonyl (C=O) groups is 3. The highest BCUT2D eigenvalue weighted by atomic mass is 32.2. The molecule has 0 spiro atoms. The summed E-state index contributed by atoms with van der Waals surface area (Å²) in [5, 5.41) is 2.03. The fourth-order valence-electron chi connectivity index (χ4n) is 5.74. The van der Waals surface area contributed by atoms with Crippen molar-refractivity contribution in [1.29, 1.82) is 0 Å². The highest BCUT2D eigenvalue weighted by Gasteiger charge is 2.51. The molecule has 4 unspecified atom stereocenters. The summed E-state index contributed by atoms with van der Waals surface area (Å²) in [6.45, 7) is 0. The average molecular weight is 455 g/mol. The number of fused-ring (bicyclic) bond motifs is 2. The molecule has 7 heteroatoms. The third kappa shape index (κ3) is 3.85. The summed E-state index contributed by atoms with van der Waals surface area (Å²) in [6.07, 6.45) is 7.37. The zero-order chi connectivity index (χ0) is 22.2. The molecular weight excluding hydrogens is 424 g/mol. The molecule has 4 aliphatic rings. The first-order valence-corrected chi connectivity index (χ1v) is 12.7. The number of hydrogen-bond donors (Lipinski definition) is 0. The van der Waals surface area contributed by atoms with Crippen LogP contribution in [0.1, 0.15) is 56.6 Å². The molecule has 1 aromatic carbocycles. The molecule has 0 radical (unpaired) electrons. The molecule has 1 aromatic rings. The first kappa shape index (κ1) is 21.6. The van der Waals surface area contributed by atoms with Crippen LogP contribution in [-0.2, 0) is 19.1 Å². The Labute approximate surface area is 193 Å². The van der Waals surface area contributed by atoms with Gasteiger partial charge in [0.1, 0.15) is 0 Å². The Morgan fingerprint density at radius 1 is 1.12 bits per heavy atom. The second-order valence-corrected chi connectivity index (χ2v) is 10.2. The van der Waals surface area contributed by atoms with Gasteiger partial charge in [-0.05, 0) is 42.7 Å². The lowest BCUT2D eigenvalue weighted by atomic mass is 9.81. The number of carbonyl (C=O) groups excluding carboxylic acids is 3. The Balaban J connectivity index is 1.51. The number of para-hydroxylation sites is 1. The minimum absolute atomic E-state index is 0.0262. The number of hydrogen-bond acceptors (Lipinski definition) is 5. The van der Waals surface area contributed by atoms with Gasteiger partial charge in [-0.1, -0.05) is 30.7 Å². The number of benzene rings is 1. The van der Waals surface area contributed by atoms with Crippen LogP contribution in [0.3, 0.4) is 0 Å². The van der Waals surface area contributed by atoms with E-state index in [1.807, 2.05) is 29.7 Å². The summed E-state index contributed by atoms with van der Waals surface area (Å²) in [4.78, 5) is 42.8. The molecular formula is C25H30N2O4S. The minimum atomic E-state index is -0.351. The fraction of sp³-hybridized carbons (Fsp3) is 0.560. The van der Waals surface area contributed by atoms with E-state index >= 15 is 0 Å². The standard InChI is InChI=1S/C25H30N2O4S/c1-31-23(29)12-11-22(28)26(17-9-10-17)24-18-5-2-3-7-20(18)27(21-8-4-6-19(21)24)25(30)16-13-14-32-15-16/h2-3,5,7,13-14,16-17,19,21,24H,4,6,8-12,15H2,1H3. The molecule has 32 heavy (non-hydrogen) atoms. The lowest BCUT2D eigenvalue weighted by Gasteiger charge is -2.48. The molecule has 0 aromatic heterocycles. The second kappa shape index (κ2) is 8.93. The van der Waals surface area contributed by atoms with Crippen molar-refractivity contribution in [2.75, 3.05) is 17.8 Å². The summed E-state index contributed by atoms with van der Waals surface area (Å²) in [5.74, 6) is 0.818. The predicted octanol–water partition coefficient (Wildman–Crippen LogP) is 4.06. The summed E-state index contributed by atoms with van der Waals surface area (Å²) >= 11 is 1.69. The van der Waals surface area contributed by atoms with E-state index in [0.29, 0.717) is 0 Å². The summed E-state index contributed by atoms with van der Waals surface area (Å²) in [5.41, 5.74) is 2.04. The summed E-state index contributed by atoms with van der Waals surface area (Å²) in [6, 6.07) is 8.46. The van der Waals surface area contributed by atoms with E-state index in [-0.39, 0.29) is 60.6 Å². The Hall–Kier alpha value is -2.28. The van der Waals surface area contributed by atoms with Gasteiger partial charge in [0, 0.05) is 35.9 Å². The third-order valence-electron chi connectivity index (χ3n) is 7.32. The van der Waals surface area contributed by atoms with Crippen LogP contribution < -0.4 is 4.90 Å². The molecule has 6 nitrogen and oxygen atoms in total. The first-order chi connectivity index (χ1) is 15.6. The topological polar surface area (TPSA) is 66.9 Å². The smallest absolute Gasteiger partial charge is 0.306 e. The molecule has 0 saturated heterocycles. The van der Waals surface area contributed by atoms with E-state index in [1.54, 1.807) is 11.8 Å². The lowest BCUT2D eigenvalue weighted by molar-refractivity contribution is -0.145. The normalized spacial score (nSPS) is 28.2. The zero-order valence-electron chi connectivity index (χ0n) is 18.4. The number of esters is 1. The minimum Gasteiger partial charge on any atom is -0.469 e. The first-order valence-electron chi connectivity index (χ1n) is 11.7. The molecule has 5 rings (SSSR count). The SMILES string of the molecule is COC(=O)CCC(=O)N(C1CC1)C1c2ccccc2N(C(=O)C2C=CSC2)C2CCCC21. The van der Waals surface area contributed by atoms with E-state index in [1.165, 1.54) is 7.11 Å². The van der Waals surface area contributed by atoms with Gasteiger partial charge in [0.2, 0.25) is 11.8 Å². The van der Waals surface area contributed by atoms with E-state index in [0.717, 1.165) is 49.1 Å². The van der Waals surface area contributed by atoms with Crippen molar-refractivity contribution in [1.82, 2.24) is 4.90 Å². The van der Waals surface area contributed by atoms with Gasteiger partial charge in [-0.15, -0.1) is 11.8 Å². The van der Waals surface area contributed by atoms with E-state index in [2.05, 4.69) is 15.9 Å². The van der Waals surface area contributed by atoms with Gasteiger partial charge in [-0.3, -0.25) is 14.4 Å². The Morgan fingerprint density at radius 3 is 2.66 bits per heavy atom. The van der Waals surface area contributed by atoms with E-state index < -0.39 is 0 Å². The maximum atomic E-state index is 13.6. The zero-order valence-corrected chi connectivity index (χ0v) is 19.3. The fourth-order valence-corrected chi connectivity index (χ4v) is 6.61. The highest BCUT2D eigenvalue weighted by molar-refractivity contribution is 8.02. The number of amides is 2. The van der Waals surface area contributed by atoms with Crippen LogP contribution >= 0.6 is 11.8 Å². The quantitative estimate of drug-likeness (QED) is 0.607. The largest absolute Gasteiger partial charge is 0.469 e. The van der Waals surface area contributed by atoms with Crippen molar-refractivity contribution < 1.29 is 19.1 Å². The van der Waals surface area contributed by atoms with Crippen molar-refractivity contribution in [2.24, 2.45) is 11.8 Å². The number of methoxy groups -OCH3 is 1. The molecule has 2 fully saturated rings. The van der Waals surface area contributed by atoms with E-state index in [4.69, 9.17) is 4.74 Å². The Kier molecular flexibility index (Phi) is 6.01. The Bertz CT molecular complexity index is 944. The van der Waals surface area contributed by atoms with Crippen molar-refractivity contribution in [2.45, 2.75) is 63.1 Å². The molecule has 0 N–H and O–H groups in total. The van der Waals surface area contributed by atoms with Gasteiger partial charge in [-0.2, -0.15) is 0 Å². The molecule has 2 heterocycles. The molecule has 2 aliphatic heterocycles. The van der Waals surface area contributed by atoms with Gasteiger partial charge >= 0.3 is 5.97 Å². The number of thioether (sulfide) groups is 1. The van der Waals surface area contributed by atoms with Gasteiger partial charge in [0.15, 0.2) is 0 Å². The van der Waals surface area contributed by atoms with Crippen molar-refractivity contribution in [3.05, 3.63) is 41.3 Å². The predicted molar refractivity (Wildman–Crippen MR) is 124 cm³/mol. The van der Waals surface area contributed by atoms with Crippen LogP contribution in [-0.4, -0.2) is 47.6 Å². The number of ether oxygens (including phenoxy) is 1.